The topological polar surface area (TPSA) is 49.4 Å². The summed E-state index contributed by atoms with van der Waals surface area (Å²) >= 11 is 6.12. The molecule has 0 radical (unpaired) electrons. The van der Waals surface area contributed by atoms with Crippen molar-refractivity contribution in [3.8, 4) is 0 Å². The quantitative estimate of drug-likeness (QED) is 0.857. The number of hydrogen-bond acceptors (Lipinski definition) is 2. The van der Waals surface area contributed by atoms with Crippen LogP contribution in [0.2, 0.25) is 0 Å². The van der Waals surface area contributed by atoms with Gasteiger partial charge in [0.05, 0.1) is 0 Å². The van der Waals surface area contributed by atoms with Crippen molar-refractivity contribution < 1.29 is 9.59 Å². The molecular weight excluding hydrogens is 264 g/mol. The number of hydrogen-bond donors (Lipinski definition) is 1. The third-order valence-corrected chi connectivity index (χ3v) is 4.05. The highest BCUT2D eigenvalue weighted by Gasteiger charge is 2.34. The molecule has 2 aliphatic rings. The van der Waals surface area contributed by atoms with Gasteiger partial charge in [-0.3, -0.25) is 9.59 Å². The fourth-order valence-corrected chi connectivity index (χ4v) is 2.78. The average Bonchev–Trinajstić information content (AvgIpc) is 2.78. The molecule has 1 fully saturated rings. The van der Waals surface area contributed by atoms with E-state index in [9.17, 15) is 9.59 Å². The highest BCUT2D eigenvalue weighted by molar-refractivity contribution is 6.30. The number of likely N-dealkylation sites (N-methyl/N-ethyl adjacent to an activating group) is 1. The van der Waals surface area contributed by atoms with Gasteiger partial charge >= 0.3 is 0 Å². The number of nitrogens with zero attached hydrogens (tertiary/aromatic N) is 1. The predicted octanol–water partition coefficient (Wildman–Crippen LogP) is 1.96. The first-order valence-corrected chi connectivity index (χ1v) is 7.12. The zero-order valence-electron chi connectivity index (χ0n) is 11.1. The van der Waals surface area contributed by atoms with Crippen molar-refractivity contribution in [3.63, 3.8) is 0 Å². The van der Waals surface area contributed by atoms with Crippen LogP contribution in [0, 0.1) is 0 Å². The monoisotopic (exact) mass is 282 g/mol. The second-order valence-corrected chi connectivity index (χ2v) is 5.28. The van der Waals surface area contributed by atoms with Crippen LogP contribution >= 0.6 is 11.6 Å². The van der Waals surface area contributed by atoms with Gasteiger partial charge in [-0.15, -0.1) is 0 Å². The number of likely N-dealkylation sites (tertiary alicyclic amines) is 1. The Hall–Kier alpha value is -1.29. The Morgan fingerprint density at radius 2 is 2.32 bits per heavy atom. The van der Waals surface area contributed by atoms with Crippen LogP contribution in [0.4, 0.5) is 0 Å². The van der Waals surface area contributed by atoms with Gasteiger partial charge in [-0.2, -0.15) is 0 Å². The van der Waals surface area contributed by atoms with Crippen LogP contribution in [0.1, 0.15) is 32.6 Å². The fourth-order valence-electron chi connectivity index (χ4n) is 2.54. The molecule has 0 aromatic heterocycles. The first-order chi connectivity index (χ1) is 9.13. The summed E-state index contributed by atoms with van der Waals surface area (Å²) in [5, 5.41) is 3.70. The van der Waals surface area contributed by atoms with Crippen molar-refractivity contribution >= 4 is 23.4 Å². The Morgan fingerprint density at radius 3 is 3.00 bits per heavy atom. The van der Waals surface area contributed by atoms with Gasteiger partial charge in [-0.1, -0.05) is 23.8 Å². The number of allylic oxidation sites excluding steroid dienone is 2. The molecule has 1 aliphatic carbocycles. The summed E-state index contributed by atoms with van der Waals surface area (Å²) < 4.78 is 0. The first kappa shape index (κ1) is 14.1. The molecule has 19 heavy (non-hydrogen) atoms. The summed E-state index contributed by atoms with van der Waals surface area (Å²) in [5.41, 5.74) is 0.966. The standard InChI is InChI=1S/C14H19ClN2O2/c1-2-17-12(7-8-13(17)18)14(19)16-9-10-5-3-4-6-11(10)15/h3,5,12H,2,4,6-9H2,1H3,(H,16,19). The van der Waals surface area contributed by atoms with Crippen LogP contribution in [-0.2, 0) is 9.59 Å². The Balaban J connectivity index is 1.91. The summed E-state index contributed by atoms with van der Waals surface area (Å²) in [7, 11) is 0. The van der Waals surface area contributed by atoms with Gasteiger partial charge in [0.15, 0.2) is 0 Å². The SMILES string of the molecule is CCN1C(=O)CCC1C(=O)NCC1=C(Cl)CCC=C1. The molecule has 4 nitrogen and oxygen atoms in total. The van der Waals surface area contributed by atoms with Crippen LogP contribution in [-0.4, -0.2) is 35.8 Å². The molecule has 0 aromatic rings. The number of carbonyl (C=O) groups excluding carboxylic acids is 2. The zero-order chi connectivity index (χ0) is 13.8. The molecule has 2 rings (SSSR count). The van der Waals surface area contributed by atoms with Crippen molar-refractivity contribution in [2.75, 3.05) is 13.1 Å². The van der Waals surface area contributed by atoms with E-state index in [1.165, 1.54) is 0 Å². The first-order valence-electron chi connectivity index (χ1n) is 6.74. The third-order valence-electron chi connectivity index (χ3n) is 3.62. The number of carbonyl (C=O) groups is 2. The molecule has 2 amide bonds. The van der Waals surface area contributed by atoms with E-state index in [0.717, 1.165) is 23.4 Å². The van der Waals surface area contributed by atoms with Crippen LogP contribution in [0.25, 0.3) is 0 Å². The van der Waals surface area contributed by atoms with Gasteiger partial charge in [0, 0.05) is 24.5 Å². The summed E-state index contributed by atoms with van der Waals surface area (Å²) in [6.45, 7) is 2.92. The fraction of sp³-hybridized carbons (Fsp3) is 0.571. The molecule has 1 saturated heterocycles. The van der Waals surface area contributed by atoms with Crippen LogP contribution in [0.15, 0.2) is 22.8 Å². The third kappa shape index (κ3) is 3.18. The molecule has 104 valence electrons. The molecule has 1 N–H and O–H groups in total. The number of halogens is 1. The second kappa shape index (κ2) is 6.24. The van der Waals surface area contributed by atoms with Gasteiger partial charge in [0.2, 0.25) is 11.8 Å². The van der Waals surface area contributed by atoms with Crippen LogP contribution in [0.5, 0.6) is 0 Å². The molecular formula is C14H19ClN2O2. The minimum absolute atomic E-state index is 0.0671. The summed E-state index contributed by atoms with van der Waals surface area (Å²) in [6, 6.07) is -0.315. The van der Waals surface area contributed by atoms with E-state index in [0.29, 0.717) is 25.9 Å². The van der Waals surface area contributed by atoms with Gasteiger partial charge in [0.25, 0.3) is 0 Å². The number of rotatable bonds is 4. The van der Waals surface area contributed by atoms with Gasteiger partial charge in [0.1, 0.15) is 6.04 Å². The maximum absolute atomic E-state index is 12.1. The minimum Gasteiger partial charge on any atom is -0.350 e. The van der Waals surface area contributed by atoms with Crippen LogP contribution in [0.3, 0.4) is 0 Å². The minimum atomic E-state index is -0.315. The second-order valence-electron chi connectivity index (χ2n) is 4.82. The molecule has 1 unspecified atom stereocenters. The predicted molar refractivity (Wildman–Crippen MR) is 74.7 cm³/mol. The van der Waals surface area contributed by atoms with Gasteiger partial charge in [-0.05, 0) is 31.8 Å². The van der Waals surface area contributed by atoms with E-state index in [4.69, 9.17) is 11.6 Å². The molecule has 1 aliphatic heterocycles. The van der Waals surface area contributed by atoms with E-state index < -0.39 is 0 Å². The lowest BCUT2D eigenvalue weighted by Crippen LogP contribution is -2.45. The zero-order valence-corrected chi connectivity index (χ0v) is 11.9. The summed E-state index contributed by atoms with van der Waals surface area (Å²) in [6.07, 6.45) is 6.90. The average molecular weight is 283 g/mol. The van der Waals surface area contributed by atoms with Crippen molar-refractivity contribution in [1.82, 2.24) is 10.2 Å². The van der Waals surface area contributed by atoms with E-state index >= 15 is 0 Å². The largest absolute Gasteiger partial charge is 0.350 e. The molecule has 0 spiro atoms. The highest BCUT2D eigenvalue weighted by Crippen LogP contribution is 2.22. The molecule has 0 saturated carbocycles. The van der Waals surface area contributed by atoms with Crippen LogP contribution < -0.4 is 5.32 Å². The highest BCUT2D eigenvalue weighted by atomic mass is 35.5. The van der Waals surface area contributed by atoms with Gasteiger partial charge in [-0.25, -0.2) is 0 Å². The summed E-state index contributed by atoms with van der Waals surface area (Å²) in [4.78, 5) is 25.3. The molecule has 0 aromatic carbocycles. The lowest BCUT2D eigenvalue weighted by molar-refractivity contribution is -0.134. The van der Waals surface area contributed by atoms with E-state index in [1.54, 1.807) is 4.90 Å². The van der Waals surface area contributed by atoms with Crippen molar-refractivity contribution in [2.45, 2.75) is 38.6 Å². The normalized spacial score (nSPS) is 23.2. The van der Waals surface area contributed by atoms with Crippen molar-refractivity contribution in [2.24, 2.45) is 0 Å². The van der Waals surface area contributed by atoms with E-state index in [1.807, 2.05) is 13.0 Å². The Kier molecular flexibility index (Phi) is 4.64. The number of nitrogens with one attached hydrogen (secondary N) is 1. The molecule has 5 heteroatoms. The van der Waals surface area contributed by atoms with E-state index in [2.05, 4.69) is 11.4 Å². The Bertz CT molecular complexity index is 443. The smallest absolute Gasteiger partial charge is 0.243 e. The van der Waals surface area contributed by atoms with E-state index in [-0.39, 0.29) is 17.9 Å². The molecule has 1 atom stereocenters. The Labute approximate surface area is 118 Å². The lowest BCUT2D eigenvalue weighted by Gasteiger charge is -2.22. The lowest BCUT2D eigenvalue weighted by atomic mass is 10.1. The summed E-state index contributed by atoms with van der Waals surface area (Å²) in [5.74, 6) is -0.0129. The van der Waals surface area contributed by atoms with Crippen molar-refractivity contribution in [1.29, 1.82) is 0 Å². The molecule has 0 bridgehead atoms. The maximum Gasteiger partial charge on any atom is 0.243 e. The van der Waals surface area contributed by atoms with Gasteiger partial charge < -0.3 is 10.2 Å². The number of amides is 2. The maximum atomic E-state index is 12.1. The Morgan fingerprint density at radius 1 is 1.53 bits per heavy atom. The van der Waals surface area contributed by atoms with Crippen molar-refractivity contribution in [3.05, 3.63) is 22.8 Å². The molecule has 1 heterocycles.